The number of nitrogens with zero attached hydrogens (tertiary/aromatic N) is 2. The quantitative estimate of drug-likeness (QED) is 0.357. The number of benzene rings is 1. The Balaban J connectivity index is 1.84. The Kier molecular flexibility index (Phi) is 7.62. The summed E-state index contributed by atoms with van der Waals surface area (Å²) in [6.45, 7) is 2.78. The molecule has 1 fully saturated rings. The summed E-state index contributed by atoms with van der Waals surface area (Å²) in [4.78, 5) is 9.36. The van der Waals surface area contributed by atoms with E-state index in [0.717, 1.165) is 29.0 Å². The number of hydrazine groups is 1. The SMILES string of the molecule is CNNC1CC(=C(C)N)C(=NCC2CC2)C2=CN=C(N)C(N2)OCc2cc(F)ccc2C1NC. The lowest BCUT2D eigenvalue weighted by Crippen LogP contribution is -2.49. The molecule has 2 aliphatic heterocycles. The van der Waals surface area contributed by atoms with Crippen molar-refractivity contribution in [2.24, 2.45) is 27.4 Å². The molecule has 0 spiro atoms. The molecule has 0 saturated heterocycles. The van der Waals surface area contributed by atoms with E-state index in [1.54, 1.807) is 12.3 Å². The number of halogens is 1. The number of aliphatic imine (C=N–C) groups is 2. The molecule has 0 amide bonds. The van der Waals surface area contributed by atoms with Crippen molar-refractivity contribution in [1.82, 2.24) is 21.5 Å². The van der Waals surface area contributed by atoms with E-state index in [4.69, 9.17) is 21.2 Å². The van der Waals surface area contributed by atoms with Crippen LogP contribution in [0.25, 0.3) is 0 Å². The van der Waals surface area contributed by atoms with Gasteiger partial charge in [-0.05, 0) is 75.0 Å². The minimum Gasteiger partial charge on any atom is -0.402 e. The average molecular weight is 471 g/mol. The zero-order chi connectivity index (χ0) is 24.2. The normalized spacial score (nSPS) is 28.1. The Morgan fingerprint density at radius 1 is 1.32 bits per heavy atom. The molecule has 3 atom stereocenters. The molecule has 4 rings (SSSR count). The smallest absolute Gasteiger partial charge is 0.186 e. The number of hydrogen-bond donors (Lipinski definition) is 6. The zero-order valence-corrected chi connectivity index (χ0v) is 20.0. The maximum absolute atomic E-state index is 14.2. The standard InChI is InChI=1S/C24H35FN8O/c1-13(26)18-9-19(33-29-3)21(28-2)17-7-6-16(25)8-15(17)12-34-24-23(27)31-11-20(32-24)22(18)30-10-14-4-5-14/h6-8,11,14,19,21,24,28-29,32-33H,4-5,9-10,12,26H2,1-3H3,(H2,27,31). The highest BCUT2D eigenvalue weighted by Gasteiger charge is 2.31. The fraction of sp³-hybridized carbons (Fsp3) is 0.500. The first-order valence-electron chi connectivity index (χ1n) is 11.7. The molecule has 3 aliphatic rings. The van der Waals surface area contributed by atoms with Gasteiger partial charge in [-0.2, -0.15) is 0 Å². The van der Waals surface area contributed by atoms with Crippen LogP contribution >= 0.6 is 0 Å². The van der Waals surface area contributed by atoms with Crippen LogP contribution in [0.2, 0.25) is 0 Å². The van der Waals surface area contributed by atoms with Crippen LogP contribution in [-0.4, -0.2) is 44.5 Å². The Labute approximate surface area is 200 Å². The van der Waals surface area contributed by atoms with Gasteiger partial charge >= 0.3 is 0 Å². The van der Waals surface area contributed by atoms with E-state index >= 15 is 0 Å². The average Bonchev–Trinajstić information content (AvgIpc) is 3.63. The van der Waals surface area contributed by atoms with Gasteiger partial charge in [0.2, 0.25) is 0 Å². The van der Waals surface area contributed by atoms with Gasteiger partial charge in [0.1, 0.15) is 11.7 Å². The number of allylic oxidation sites excluding steroid dienone is 2. The molecule has 1 saturated carbocycles. The van der Waals surface area contributed by atoms with E-state index in [0.29, 0.717) is 29.6 Å². The van der Waals surface area contributed by atoms with Gasteiger partial charge in [0, 0.05) is 24.3 Å². The lowest BCUT2D eigenvalue weighted by Gasteiger charge is -2.33. The molecule has 10 heteroatoms. The number of nitrogens with one attached hydrogen (secondary N) is 4. The van der Waals surface area contributed by atoms with Crippen LogP contribution in [0, 0.1) is 11.7 Å². The number of hydrogen-bond acceptors (Lipinski definition) is 9. The fourth-order valence-corrected chi connectivity index (χ4v) is 4.43. The third-order valence-electron chi connectivity index (χ3n) is 6.43. The molecule has 34 heavy (non-hydrogen) atoms. The van der Waals surface area contributed by atoms with Crippen LogP contribution in [-0.2, 0) is 11.3 Å². The van der Waals surface area contributed by atoms with E-state index in [-0.39, 0.29) is 24.5 Å². The molecule has 1 aliphatic carbocycles. The van der Waals surface area contributed by atoms with Crippen LogP contribution in [0.1, 0.15) is 43.4 Å². The van der Waals surface area contributed by atoms with Crippen LogP contribution in [0.15, 0.2) is 51.4 Å². The second-order valence-electron chi connectivity index (χ2n) is 9.04. The van der Waals surface area contributed by atoms with Crippen molar-refractivity contribution < 1.29 is 9.13 Å². The summed E-state index contributed by atoms with van der Waals surface area (Å²) in [5, 5.41) is 6.73. The molecule has 0 radical (unpaired) electrons. The van der Waals surface area contributed by atoms with E-state index in [9.17, 15) is 4.39 Å². The molecule has 1 aromatic rings. The first-order chi connectivity index (χ1) is 16.4. The van der Waals surface area contributed by atoms with Crippen molar-refractivity contribution in [2.45, 2.75) is 51.1 Å². The zero-order valence-electron chi connectivity index (χ0n) is 20.0. The number of nitrogens with two attached hydrogens (primary N) is 2. The number of fused-ring (bicyclic) bond motifs is 3. The molecular weight excluding hydrogens is 435 g/mol. The Bertz CT molecular complexity index is 1030. The largest absolute Gasteiger partial charge is 0.402 e. The first kappa shape index (κ1) is 24.3. The number of rotatable bonds is 5. The topological polar surface area (TPSA) is 134 Å². The van der Waals surface area contributed by atoms with Crippen molar-refractivity contribution >= 4 is 11.5 Å². The summed E-state index contributed by atoms with van der Waals surface area (Å²) in [6.07, 6.45) is 3.97. The predicted molar refractivity (Wildman–Crippen MR) is 132 cm³/mol. The Hall–Kier alpha value is -2.79. The molecule has 184 valence electrons. The monoisotopic (exact) mass is 470 g/mol. The van der Waals surface area contributed by atoms with Crippen LogP contribution in [0.3, 0.4) is 0 Å². The maximum Gasteiger partial charge on any atom is 0.186 e. The Morgan fingerprint density at radius 2 is 2.12 bits per heavy atom. The maximum atomic E-state index is 14.2. The predicted octanol–water partition coefficient (Wildman–Crippen LogP) is 1.31. The van der Waals surface area contributed by atoms with Gasteiger partial charge in [-0.3, -0.25) is 15.8 Å². The summed E-state index contributed by atoms with van der Waals surface area (Å²) >= 11 is 0. The second-order valence-corrected chi connectivity index (χ2v) is 9.04. The van der Waals surface area contributed by atoms with Gasteiger partial charge in [0.25, 0.3) is 0 Å². The minimum absolute atomic E-state index is 0.133. The van der Waals surface area contributed by atoms with Gasteiger partial charge < -0.3 is 26.8 Å². The number of amidine groups is 1. The van der Waals surface area contributed by atoms with Crippen molar-refractivity contribution in [2.75, 3.05) is 20.6 Å². The summed E-state index contributed by atoms with van der Waals surface area (Å²) in [7, 11) is 3.71. The molecule has 2 heterocycles. The Morgan fingerprint density at radius 3 is 2.79 bits per heavy atom. The summed E-state index contributed by atoms with van der Waals surface area (Å²) in [6, 6.07) is 4.46. The highest BCUT2D eigenvalue weighted by atomic mass is 19.1. The lowest BCUT2D eigenvalue weighted by molar-refractivity contribution is 0.0674. The third kappa shape index (κ3) is 5.47. The van der Waals surface area contributed by atoms with Crippen molar-refractivity contribution in [3.8, 4) is 0 Å². The van der Waals surface area contributed by atoms with Crippen LogP contribution in [0.5, 0.6) is 0 Å². The van der Waals surface area contributed by atoms with Gasteiger partial charge in [-0.15, -0.1) is 0 Å². The molecule has 9 nitrogen and oxygen atoms in total. The first-order valence-corrected chi connectivity index (χ1v) is 11.7. The summed E-state index contributed by atoms with van der Waals surface area (Å²) in [5.74, 6) is 0.584. The highest BCUT2D eigenvalue weighted by molar-refractivity contribution is 6.13. The van der Waals surface area contributed by atoms with Gasteiger partial charge in [-0.25, -0.2) is 9.38 Å². The second kappa shape index (κ2) is 10.6. The van der Waals surface area contributed by atoms with Crippen molar-refractivity contribution in [1.29, 1.82) is 0 Å². The number of ether oxygens (including phenoxy) is 1. The van der Waals surface area contributed by atoms with E-state index in [2.05, 4.69) is 26.5 Å². The highest BCUT2D eigenvalue weighted by Crippen LogP contribution is 2.31. The van der Waals surface area contributed by atoms with Crippen LogP contribution in [0.4, 0.5) is 4.39 Å². The van der Waals surface area contributed by atoms with E-state index in [1.807, 2.05) is 21.0 Å². The summed E-state index contributed by atoms with van der Waals surface area (Å²) < 4.78 is 20.3. The lowest BCUT2D eigenvalue weighted by atomic mass is 9.88. The number of likely N-dealkylation sites (N-methyl/N-ethyl adjacent to an activating group) is 1. The fourth-order valence-electron chi connectivity index (χ4n) is 4.43. The van der Waals surface area contributed by atoms with Crippen LogP contribution < -0.4 is 33.0 Å². The molecule has 1 aromatic carbocycles. The van der Waals surface area contributed by atoms with Gasteiger partial charge in [-0.1, -0.05) is 6.07 Å². The van der Waals surface area contributed by atoms with Crippen molar-refractivity contribution in [3.63, 3.8) is 0 Å². The molecule has 2 bridgehead atoms. The molecular formula is C24H35FN8O. The van der Waals surface area contributed by atoms with E-state index in [1.165, 1.54) is 25.0 Å². The minimum atomic E-state index is -0.666. The molecule has 0 aromatic heterocycles. The summed E-state index contributed by atoms with van der Waals surface area (Å²) in [5.41, 5.74) is 23.7. The van der Waals surface area contributed by atoms with Gasteiger partial charge in [0.05, 0.1) is 24.2 Å². The third-order valence-corrected chi connectivity index (χ3v) is 6.43. The molecule has 8 N–H and O–H groups in total. The van der Waals surface area contributed by atoms with Gasteiger partial charge in [0.15, 0.2) is 6.23 Å². The van der Waals surface area contributed by atoms with Crippen molar-refractivity contribution in [3.05, 3.63) is 58.3 Å². The van der Waals surface area contributed by atoms with E-state index < -0.39 is 6.23 Å². The molecule has 3 unspecified atom stereocenters.